The van der Waals surface area contributed by atoms with Crippen LogP contribution in [-0.4, -0.2) is 36.5 Å². The first-order valence-corrected chi connectivity index (χ1v) is 17.1. The van der Waals surface area contributed by atoms with E-state index in [0.29, 0.717) is 19.0 Å². The van der Waals surface area contributed by atoms with E-state index in [1.54, 1.807) is 0 Å². The van der Waals surface area contributed by atoms with Gasteiger partial charge in [-0.2, -0.15) is 0 Å². The molecule has 178 valence electrons. The van der Waals surface area contributed by atoms with Crippen molar-refractivity contribution in [3.8, 4) is 12.3 Å². The van der Waals surface area contributed by atoms with Crippen molar-refractivity contribution in [2.45, 2.75) is 110 Å². The molecule has 5 heteroatoms. The van der Waals surface area contributed by atoms with Gasteiger partial charge in [-0.05, 0) is 60.9 Å². The Labute approximate surface area is 190 Å². The summed E-state index contributed by atoms with van der Waals surface area (Å²) in [5.74, 6) is 3.64. The molecular weight excluding hydrogens is 407 g/mol. The Morgan fingerprint density at radius 2 is 1.47 bits per heavy atom. The molecule has 0 spiro atoms. The maximum atomic E-state index is 9.50. The van der Waals surface area contributed by atoms with E-state index in [9.17, 15) is 4.39 Å². The standard InChI is InChI=1S/C24H48O2Si2.CH3F/c1-14-17-20(3)21(18-16-19-25-27(10,11)23(4,5)6)22(15-2)26-28(12,13)24(7,8)9;1-2/h1,15,20-22H,2,16-19H2,3-13H3;1H3/t20-,21+,22-;/m1./s1. The van der Waals surface area contributed by atoms with Crippen LogP contribution in [0.15, 0.2) is 12.7 Å². The van der Waals surface area contributed by atoms with Crippen molar-refractivity contribution in [2.75, 3.05) is 13.8 Å². The summed E-state index contributed by atoms with van der Waals surface area (Å²) in [5, 5.41) is 0.428. The Balaban J connectivity index is 0. The summed E-state index contributed by atoms with van der Waals surface area (Å²) in [6.07, 6.45) is 10.6. The van der Waals surface area contributed by atoms with Crippen LogP contribution in [0.1, 0.15) is 67.7 Å². The minimum atomic E-state index is -1.87. The van der Waals surface area contributed by atoms with Crippen LogP contribution in [0.4, 0.5) is 4.39 Å². The van der Waals surface area contributed by atoms with Crippen molar-refractivity contribution < 1.29 is 13.2 Å². The predicted molar refractivity (Wildman–Crippen MR) is 138 cm³/mol. The summed E-state index contributed by atoms with van der Waals surface area (Å²) in [7, 11) is -3.06. The molecule has 0 saturated carbocycles. The first-order valence-electron chi connectivity index (χ1n) is 11.3. The predicted octanol–water partition coefficient (Wildman–Crippen LogP) is 8.23. The molecule has 0 aromatic heterocycles. The molecule has 0 amide bonds. The summed E-state index contributed by atoms with van der Waals surface area (Å²) in [6, 6.07) is 0. The minimum absolute atomic E-state index is 0.0529. The monoisotopic (exact) mass is 458 g/mol. The van der Waals surface area contributed by atoms with E-state index in [1.165, 1.54) is 0 Å². The molecule has 2 nitrogen and oxygen atoms in total. The summed E-state index contributed by atoms with van der Waals surface area (Å²) in [4.78, 5) is 0. The van der Waals surface area contributed by atoms with E-state index >= 15 is 0 Å². The van der Waals surface area contributed by atoms with Crippen LogP contribution < -0.4 is 0 Å². The Hall–Kier alpha value is -0.416. The quantitative estimate of drug-likeness (QED) is 0.134. The van der Waals surface area contributed by atoms with Gasteiger partial charge in [-0.3, -0.25) is 4.39 Å². The third-order valence-corrected chi connectivity index (χ3v) is 16.0. The van der Waals surface area contributed by atoms with Crippen molar-refractivity contribution in [1.29, 1.82) is 0 Å². The van der Waals surface area contributed by atoms with E-state index in [1.807, 2.05) is 6.08 Å². The highest BCUT2D eigenvalue weighted by molar-refractivity contribution is 6.74. The highest BCUT2D eigenvalue weighted by atomic mass is 28.4. The highest BCUT2D eigenvalue weighted by Gasteiger charge is 2.41. The van der Waals surface area contributed by atoms with Gasteiger partial charge < -0.3 is 8.85 Å². The third-order valence-electron chi connectivity index (χ3n) is 7.01. The molecule has 0 fully saturated rings. The normalized spacial score (nSPS) is 16.0. The van der Waals surface area contributed by atoms with E-state index in [0.717, 1.165) is 25.9 Å². The number of rotatable bonds is 11. The molecule has 30 heavy (non-hydrogen) atoms. The van der Waals surface area contributed by atoms with Crippen molar-refractivity contribution in [2.24, 2.45) is 11.8 Å². The van der Waals surface area contributed by atoms with Gasteiger partial charge >= 0.3 is 0 Å². The molecule has 0 aliphatic carbocycles. The molecule has 0 saturated heterocycles. The second-order valence-electron chi connectivity index (χ2n) is 11.4. The van der Waals surface area contributed by atoms with Crippen LogP contribution >= 0.6 is 0 Å². The van der Waals surface area contributed by atoms with Crippen LogP contribution in [0.5, 0.6) is 0 Å². The maximum Gasteiger partial charge on any atom is 0.192 e. The van der Waals surface area contributed by atoms with Gasteiger partial charge in [0.05, 0.1) is 13.3 Å². The lowest BCUT2D eigenvalue weighted by Gasteiger charge is -2.42. The van der Waals surface area contributed by atoms with Gasteiger partial charge in [0.25, 0.3) is 0 Å². The van der Waals surface area contributed by atoms with Gasteiger partial charge in [0.15, 0.2) is 16.6 Å². The van der Waals surface area contributed by atoms with Crippen LogP contribution in [0, 0.1) is 24.2 Å². The van der Waals surface area contributed by atoms with Crippen LogP contribution in [-0.2, 0) is 8.85 Å². The Kier molecular flexibility index (Phi) is 14.0. The molecule has 0 aliphatic heterocycles. The van der Waals surface area contributed by atoms with E-state index in [4.69, 9.17) is 15.3 Å². The van der Waals surface area contributed by atoms with Crippen molar-refractivity contribution >= 4 is 16.6 Å². The number of hydrogen-bond acceptors (Lipinski definition) is 2. The lowest BCUT2D eigenvalue weighted by Crippen LogP contribution is -2.46. The molecule has 0 aromatic rings. The Morgan fingerprint density at radius 1 is 1.00 bits per heavy atom. The lowest BCUT2D eigenvalue weighted by molar-refractivity contribution is 0.112. The summed E-state index contributed by atoms with van der Waals surface area (Å²) in [6.45, 7) is 30.2. The highest BCUT2D eigenvalue weighted by Crippen LogP contribution is 2.40. The van der Waals surface area contributed by atoms with Gasteiger partial charge in [0, 0.05) is 13.0 Å². The van der Waals surface area contributed by atoms with Gasteiger partial charge in [0.1, 0.15) is 0 Å². The molecular formula is C25H51FO2Si2. The average molecular weight is 459 g/mol. The fourth-order valence-electron chi connectivity index (χ4n) is 2.80. The SMILES string of the molecule is C#CC[C@@H](C)[C@H](CCCO[Si](C)(C)C(C)(C)C)[C@@H](C=C)O[Si](C)(C)C(C)(C)C.CF. The lowest BCUT2D eigenvalue weighted by atomic mass is 9.83. The Morgan fingerprint density at radius 3 is 1.83 bits per heavy atom. The van der Waals surface area contributed by atoms with E-state index in [-0.39, 0.29) is 16.2 Å². The zero-order chi connectivity index (χ0) is 24.4. The second kappa shape index (κ2) is 13.2. The summed E-state index contributed by atoms with van der Waals surface area (Å²) >= 11 is 0. The molecule has 0 heterocycles. The summed E-state index contributed by atoms with van der Waals surface area (Å²) < 4.78 is 22.6. The van der Waals surface area contributed by atoms with Crippen molar-refractivity contribution in [3.05, 3.63) is 12.7 Å². The van der Waals surface area contributed by atoms with Gasteiger partial charge in [-0.1, -0.05) is 54.5 Å². The van der Waals surface area contributed by atoms with Crippen molar-refractivity contribution in [3.63, 3.8) is 0 Å². The first-order chi connectivity index (χ1) is 13.5. The molecule has 0 rings (SSSR count). The molecule has 0 bridgehead atoms. The van der Waals surface area contributed by atoms with Gasteiger partial charge in [-0.25, -0.2) is 0 Å². The maximum absolute atomic E-state index is 9.50. The molecule has 0 aromatic carbocycles. The number of alkyl halides is 1. The molecule has 0 N–H and O–H groups in total. The smallest absolute Gasteiger partial charge is 0.192 e. The molecule has 3 atom stereocenters. The van der Waals surface area contributed by atoms with Gasteiger partial charge in [0.2, 0.25) is 0 Å². The van der Waals surface area contributed by atoms with Crippen LogP contribution in [0.25, 0.3) is 0 Å². The number of terminal acetylenes is 1. The molecule has 0 unspecified atom stereocenters. The number of halogens is 1. The third kappa shape index (κ3) is 10.3. The second-order valence-corrected chi connectivity index (χ2v) is 20.9. The van der Waals surface area contributed by atoms with E-state index in [2.05, 4.69) is 87.2 Å². The van der Waals surface area contributed by atoms with E-state index < -0.39 is 16.6 Å². The van der Waals surface area contributed by atoms with Crippen LogP contribution in [0.2, 0.25) is 36.3 Å². The molecule has 0 radical (unpaired) electrons. The zero-order valence-corrected chi connectivity index (χ0v) is 24.1. The minimum Gasteiger partial charge on any atom is -0.417 e. The summed E-state index contributed by atoms with van der Waals surface area (Å²) in [5.41, 5.74) is 0. The average Bonchev–Trinajstić information content (AvgIpc) is 2.60. The zero-order valence-electron chi connectivity index (χ0n) is 22.1. The van der Waals surface area contributed by atoms with Crippen molar-refractivity contribution in [1.82, 2.24) is 0 Å². The molecule has 0 aliphatic rings. The topological polar surface area (TPSA) is 18.5 Å². The largest absolute Gasteiger partial charge is 0.417 e. The fraction of sp³-hybridized carbons (Fsp3) is 0.840. The van der Waals surface area contributed by atoms with Gasteiger partial charge in [-0.15, -0.1) is 18.9 Å². The number of hydrogen-bond donors (Lipinski definition) is 0. The first kappa shape index (κ1) is 31.8. The Bertz CT molecular complexity index is 525. The fourth-order valence-corrected chi connectivity index (χ4v) is 5.19. The van der Waals surface area contributed by atoms with Crippen LogP contribution in [0.3, 0.4) is 0 Å².